The molecule has 0 spiro atoms. The molecule has 0 fully saturated rings. The van der Waals surface area contributed by atoms with Gasteiger partial charge in [0.05, 0.1) is 0 Å². The zero-order valence-electron chi connectivity index (χ0n) is 12.9. The summed E-state index contributed by atoms with van der Waals surface area (Å²) >= 11 is 0. The van der Waals surface area contributed by atoms with Gasteiger partial charge in [-0.25, -0.2) is 0 Å². The quantitative estimate of drug-likeness (QED) is 0.608. The summed E-state index contributed by atoms with van der Waals surface area (Å²) in [6, 6.07) is 0. The highest BCUT2D eigenvalue weighted by Crippen LogP contribution is 2.49. The van der Waals surface area contributed by atoms with Gasteiger partial charge >= 0.3 is 12.4 Å². The van der Waals surface area contributed by atoms with E-state index in [0.717, 1.165) is 0 Å². The third-order valence-electron chi connectivity index (χ3n) is 4.19. The highest BCUT2D eigenvalue weighted by molar-refractivity contribution is 4.92. The van der Waals surface area contributed by atoms with Crippen LogP contribution in [-0.4, -0.2) is 29.9 Å². The zero-order valence-corrected chi connectivity index (χ0v) is 12.9. The highest BCUT2D eigenvalue weighted by atomic mass is 19.4. The first-order valence-corrected chi connectivity index (χ1v) is 6.42. The van der Waals surface area contributed by atoms with Gasteiger partial charge in [0, 0.05) is 5.41 Å². The minimum Gasteiger partial charge on any atom is -0.367 e. The van der Waals surface area contributed by atoms with E-state index < -0.39 is 41.5 Å². The predicted octanol–water partition coefficient (Wildman–Crippen LogP) is 4.52. The van der Waals surface area contributed by atoms with Gasteiger partial charge < -0.3 is 9.84 Å². The third-order valence-corrected chi connectivity index (χ3v) is 4.19. The topological polar surface area (TPSA) is 29.5 Å². The maximum absolute atomic E-state index is 12.5. The standard InChI is InChI=1S/C13H22F6O2/c1-7(2)11(6,10(3,4)5)9(20)21-8(12(14,15)16)13(17,18)19/h7-9,20H,1-6H3. The van der Waals surface area contributed by atoms with E-state index in [1.165, 1.54) is 6.92 Å². The van der Waals surface area contributed by atoms with Gasteiger partial charge in [0.15, 0.2) is 6.29 Å². The Bertz CT molecular complexity index is 328. The molecule has 0 saturated carbocycles. The second kappa shape index (κ2) is 5.95. The molecule has 2 unspecified atom stereocenters. The number of ether oxygens (including phenoxy) is 1. The third kappa shape index (κ3) is 4.48. The molecule has 0 aromatic carbocycles. The predicted molar refractivity (Wildman–Crippen MR) is 65.4 cm³/mol. The summed E-state index contributed by atoms with van der Waals surface area (Å²) in [4.78, 5) is 0. The van der Waals surface area contributed by atoms with Crippen molar-refractivity contribution in [3.8, 4) is 0 Å². The maximum atomic E-state index is 12.5. The molecule has 21 heavy (non-hydrogen) atoms. The van der Waals surface area contributed by atoms with Gasteiger partial charge in [0.25, 0.3) is 6.10 Å². The van der Waals surface area contributed by atoms with Crippen molar-refractivity contribution in [3.63, 3.8) is 0 Å². The van der Waals surface area contributed by atoms with E-state index in [2.05, 4.69) is 4.74 Å². The van der Waals surface area contributed by atoms with Gasteiger partial charge in [0.1, 0.15) is 0 Å². The molecule has 0 aliphatic rings. The molecule has 0 aliphatic heterocycles. The van der Waals surface area contributed by atoms with Crippen LogP contribution in [0.25, 0.3) is 0 Å². The van der Waals surface area contributed by atoms with Gasteiger partial charge in [-0.2, -0.15) is 26.3 Å². The van der Waals surface area contributed by atoms with Crippen molar-refractivity contribution in [2.45, 2.75) is 66.3 Å². The van der Waals surface area contributed by atoms with Crippen LogP contribution in [0, 0.1) is 16.7 Å². The summed E-state index contributed by atoms with van der Waals surface area (Å²) in [5.41, 5.74) is -2.08. The van der Waals surface area contributed by atoms with Crippen LogP contribution in [0.4, 0.5) is 26.3 Å². The molecule has 0 aromatic heterocycles. The van der Waals surface area contributed by atoms with Crippen LogP contribution in [0.2, 0.25) is 0 Å². The van der Waals surface area contributed by atoms with Crippen LogP contribution in [0.5, 0.6) is 0 Å². The van der Waals surface area contributed by atoms with E-state index in [9.17, 15) is 31.4 Å². The molecular weight excluding hydrogens is 302 g/mol. The molecule has 128 valence electrons. The minimum absolute atomic E-state index is 0.408. The largest absolute Gasteiger partial charge is 0.423 e. The number of hydrogen-bond donors (Lipinski definition) is 1. The minimum atomic E-state index is -5.64. The average Bonchev–Trinajstić information content (AvgIpc) is 2.18. The van der Waals surface area contributed by atoms with Gasteiger partial charge in [0.2, 0.25) is 0 Å². The van der Waals surface area contributed by atoms with E-state index >= 15 is 0 Å². The van der Waals surface area contributed by atoms with Gasteiger partial charge in [-0.3, -0.25) is 0 Å². The summed E-state index contributed by atoms with van der Waals surface area (Å²) in [6.45, 7) is 9.48. The molecule has 0 amide bonds. The number of alkyl halides is 6. The van der Waals surface area contributed by atoms with Crippen LogP contribution in [0.15, 0.2) is 0 Å². The van der Waals surface area contributed by atoms with E-state index in [1.807, 2.05) is 0 Å². The van der Waals surface area contributed by atoms with Crippen LogP contribution in [0.3, 0.4) is 0 Å². The molecule has 0 aliphatic carbocycles. The molecule has 0 rings (SSSR count). The Labute approximate surface area is 120 Å². The molecular formula is C13H22F6O2. The lowest BCUT2D eigenvalue weighted by molar-refractivity contribution is -0.368. The Morgan fingerprint density at radius 2 is 1.14 bits per heavy atom. The van der Waals surface area contributed by atoms with Crippen molar-refractivity contribution in [1.82, 2.24) is 0 Å². The molecule has 2 nitrogen and oxygen atoms in total. The summed E-state index contributed by atoms with van der Waals surface area (Å²) < 4.78 is 79.1. The Kier molecular flexibility index (Phi) is 5.81. The summed E-state index contributed by atoms with van der Waals surface area (Å²) in [6.07, 6.45) is -17.5. The van der Waals surface area contributed by atoms with Crippen molar-refractivity contribution in [1.29, 1.82) is 0 Å². The van der Waals surface area contributed by atoms with Gasteiger partial charge in [-0.15, -0.1) is 0 Å². The molecule has 0 aromatic rings. The summed E-state index contributed by atoms with van der Waals surface area (Å²) in [5, 5.41) is 9.95. The molecule has 0 heterocycles. The highest BCUT2D eigenvalue weighted by Gasteiger charge is 2.60. The maximum Gasteiger partial charge on any atom is 0.423 e. The SMILES string of the molecule is CC(C)C(C)(C(O)OC(C(F)(F)F)C(F)(F)F)C(C)(C)C. The average molecular weight is 324 g/mol. The fourth-order valence-corrected chi connectivity index (χ4v) is 2.13. The first kappa shape index (κ1) is 20.5. The fourth-order valence-electron chi connectivity index (χ4n) is 2.13. The lowest BCUT2D eigenvalue weighted by Crippen LogP contribution is -2.54. The van der Waals surface area contributed by atoms with E-state index in [1.54, 1.807) is 34.6 Å². The van der Waals surface area contributed by atoms with Gasteiger partial charge in [-0.1, -0.05) is 41.5 Å². The van der Waals surface area contributed by atoms with Crippen molar-refractivity contribution < 1.29 is 36.2 Å². The molecule has 0 bridgehead atoms. The molecule has 1 N–H and O–H groups in total. The van der Waals surface area contributed by atoms with E-state index in [4.69, 9.17) is 0 Å². The van der Waals surface area contributed by atoms with Crippen molar-refractivity contribution in [3.05, 3.63) is 0 Å². The number of aliphatic hydroxyl groups excluding tert-OH is 1. The van der Waals surface area contributed by atoms with Crippen molar-refractivity contribution in [2.24, 2.45) is 16.7 Å². The Hall–Kier alpha value is -0.500. The summed E-state index contributed by atoms with van der Waals surface area (Å²) in [7, 11) is 0. The lowest BCUT2D eigenvalue weighted by atomic mass is 9.61. The summed E-state index contributed by atoms with van der Waals surface area (Å²) in [5.74, 6) is -0.408. The van der Waals surface area contributed by atoms with E-state index in [-0.39, 0.29) is 0 Å². The number of hydrogen-bond acceptors (Lipinski definition) is 2. The normalized spacial score (nSPS) is 19.0. The molecule has 0 saturated heterocycles. The van der Waals surface area contributed by atoms with Crippen LogP contribution in [-0.2, 0) is 4.74 Å². The van der Waals surface area contributed by atoms with Crippen molar-refractivity contribution >= 4 is 0 Å². The van der Waals surface area contributed by atoms with E-state index in [0.29, 0.717) is 0 Å². The fraction of sp³-hybridized carbons (Fsp3) is 1.00. The smallest absolute Gasteiger partial charge is 0.367 e. The van der Waals surface area contributed by atoms with Crippen molar-refractivity contribution in [2.75, 3.05) is 0 Å². The second-order valence-electron chi connectivity index (χ2n) is 6.64. The molecule has 2 atom stereocenters. The first-order valence-electron chi connectivity index (χ1n) is 6.42. The zero-order chi connectivity index (χ0) is 17.4. The van der Waals surface area contributed by atoms with Gasteiger partial charge in [-0.05, 0) is 11.3 Å². The number of halogens is 6. The first-order chi connectivity index (χ1) is 8.95. The number of aliphatic hydroxyl groups is 1. The second-order valence-corrected chi connectivity index (χ2v) is 6.64. The monoisotopic (exact) mass is 324 g/mol. The Morgan fingerprint density at radius 1 is 0.810 bits per heavy atom. The Morgan fingerprint density at radius 3 is 1.33 bits per heavy atom. The van der Waals surface area contributed by atoms with Crippen LogP contribution in [0.1, 0.15) is 41.5 Å². The molecule has 0 radical (unpaired) electrons. The van der Waals surface area contributed by atoms with Crippen LogP contribution >= 0.6 is 0 Å². The lowest BCUT2D eigenvalue weighted by Gasteiger charge is -2.48. The van der Waals surface area contributed by atoms with Crippen LogP contribution < -0.4 is 0 Å². The molecule has 8 heteroatoms. The Balaban J connectivity index is 5.55. The number of rotatable bonds is 4.